The Morgan fingerprint density at radius 3 is 2.48 bits per heavy atom. The van der Waals surface area contributed by atoms with E-state index in [9.17, 15) is 23.7 Å². The first-order valence-electron chi connectivity index (χ1n) is 8.85. The molecule has 1 aliphatic rings. The number of amides is 1. The summed E-state index contributed by atoms with van der Waals surface area (Å²) in [5.74, 6) is -1.82. The summed E-state index contributed by atoms with van der Waals surface area (Å²) in [5.41, 5.74) is 0.0261. The third-order valence-corrected chi connectivity index (χ3v) is 5.00. The zero-order valence-corrected chi connectivity index (χ0v) is 16.1. The second kappa shape index (κ2) is 9.15. The van der Waals surface area contributed by atoms with Crippen LogP contribution in [0.2, 0.25) is 5.02 Å². The van der Waals surface area contributed by atoms with Crippen molar-refractivity contribution in [3.63, 3.8) is 0 Å². The van der Waals surface area contributed by atoms with E-state index in [4.69, 9.17) is 16.3 Å². The van der Waals surface area contributed by atoms with Gasteiger partial charge in [-0.3, -0.25) is 19.8 Å². The molecule has 1 aliphatic heterocycles. The molecule has 1 amide bonds. The average molecular weight is 426 g/mol. The number of hydrogen-bond acceptors (Lipinski definition) is 5. The molecule has 29 heavy (non-hydrogen) atoms. The Kier molecular flexibility index (Phi) is 6.60. The van der Waals surface area contributed by atoms with Gasteiger partial charge in [0.25, 0.3) is 11.6 Å². The standard InChI is InChI=1S/C19H18ClF2N3O4/c20-15-2-1-3-16(21)14(15)11-23-6-8-24(9-7-23)19(26)12-29-18-5-4-13(25(27)28)10-17(18)22/h1-5,10H,6-9,11-12H2. The van der Waals surface area contributed by atoms with Gasteiger partial charge < -0.3 is 9.64 Å². The molecule has 3 rings (SSSR count). The van der Waals surface area contributed by atoms with Crippen LogP contribution in [0.3, 0.4) is 0 Å². The zero-order chi connectivity index (χ0) is 21.0. The normalized spacial score (nSPS) is 14.7. The number of nitrogens with zero attached hydrogens (tertiary/aromatic N) is 3. The van der Waals surface area contributed by atoms with Crippen molar-refractivity contribution >= 4 is 23.2 Å². The molecule has 0 saturated carbocycles. The minimum Gasteiger partial charge on any atom is -0.481 e. The van der Waals surface area contributed by atoms with E-state index in [1.807, 2.05) is 4.90 Å². The minimum absolute atomic E-state index is 0.225. The zero-order valence-electron chi connectivity index (χ0n) is 15.3. The largest absolute Gasteiger partial charge is 0.481 e. The quantitative estimate of drug-likeness (QED) is 0.524. The maximum Gasteiger partial charge on any atom is 0.272 e. The second-order valence-corrected chi connectivity index (χ2v) is 6.92. The van der Waals surface area contributed by atoms with Crippen LogP contribution in [0.4, 0.5) is 14.5 Å². The van der Waals surface area contributed by atoms with E-state index >= 15 is 0 Å². The van der Waals surface area contributed by atoms with Crippen molar-refractivity contribution < 1.29 is 23.2 Å². The number of ether oxygens (including phenoxy) is 1. The Balaban J connectivity index is 1.49. The van der Waals surface area contributed by atoms with Gasteiger partial charge in [-0.15, -0.1) is 0 Å². The van der Waals surface area contributed by atoms with Crippen LogP contribution in [0.25, 0.3) is 0 Å². The SMILES string of the molecule is O=C(COc1ccc([N+](=O)[O-])cc1F)N1CCN(Cc2c(F)cccc2Cl)CC1. The summed E-state index contributed by atoms with van der Waals surface area (Å²) in [5, 5.41) is 11.0. The number of nitro groups is 1. The number of non-ortho nitro benzene ring substituents is 1. The van der Waals surface area contributed by atoms with Gasteiger partial charge in [0.1, 0.15) is 5.82 Å². The minimum atomic E-state index is -0.904. The van der Waals surface area contributed by atoms with Crippen molar-refractivity contribution in [2.45, 2.75) is 6.54 Å². The van der Waals surface area contributed by atoms with E-state index < -0.39 is 16.4 Å². The van der Waals surface area contributed by atoms with Gasteiger partial charge >= 0.3 is 0 Å². The Labute approximate surface area is 170 Å². The monoisotopic (exact) mass is 425 g/mol. The summed E-state index contributed by atoms with van der Waals surface area (Å²) in [6.45, 7) is 1.85. The van der Waals surface area contributed by atoms with Crippen LogP contribution < -0.4 is 4.74 Å². The van der Waals surface area contributed by atoms with Gasteiger partial charge in [0.15, 0.2) is 18.2 Å². The van der Waals surface area contributed by atoms with Crippen LogP contribution >= 0.6 is 11.6 Å². The van der Waals surface area contributed by atoms with E-state index in [1.54, 1.807) is 17.0 Å². The number of rotatable bonds is 6. The van der Waals surface area contributed by atoms with Gasteiger partial charge in [-0.2, -0.15) is 0 Å². The van der Waals surface area contributed by atoms with Crippen LogP contribution in [0.15, 0.2) is 36.4 Å². The first-order valence-corrected chi connectivity index (χ1v) is 9.22. The molecule has 1 heterocycles. The molecule has 7 nitrogen and oxygen atoms in total. The number of halogens is 3. The number of carbonyl (C=O) groups excluding carboxylic acids is 1. The lowest BCUT2D eigenvalue weighted by atomic mass is 10.2. The molecule has 1 saturated heterocycles. The van der Waals surface area contributed by atoms with E-state index in [0.717, 1.165) is 18.2 Å². The van der Waals surface area contributed by atoms with Crippen molar-refractivity contribution in [3.05, 3.63) is 68.7 Å². The number of benzene rings is 2. The van der Waals surface area contributed by atoms with E-state index in [2.05, 4.69) is 0 Å². The third-order valence-electron chi connectivity index (χ3n) is 4.65. The molecular weight excluding hydrogens is 408 g/mol. The van der Waals surface area contributed by atoms with Crippen LogP contribution in [0.5, 0.6) is 5.75 Å². The van der Waals surface area contributed by atoms with Crippen molar-refractivity contribution in [2.75, 3.05) is 32.8 Å². The predicted molar refractivity (Wildman–Crippen MR) is 102 cm³/mol. The lowest BCUT2D eigenvalue weighted by molar-refractivity contribution is -0.385. The highest BCUT2D eigenvalue weighted by molar-refractivity contribution is 6.31. The van der Waals surface area contributed by atoms with Crippen molar-refractivity contribution in [3.8, 4) is 5.75 Å². The summed E-state index contributed by atoms with van der Waals surface area (Å²) in [6, 6.07) is 7.51. The number of carbonyl (C=O) groups is 1. The molecule has 0 atom stereocenters. The van der Waals surface area contributed by atoms with Gasteiger partial charge in [-0.1, -0.05) is 17.7 Å². The van der Waals surface area contributed by atoms with Crippen molar-refractivity contribution in [1.29, 1.82) is 0 Å². The molecule has 154 valence electrons. The number of piperazine rings is 1. The maximum atomic E-state index is 13.9. The first kappa shape index (κ1) is 20.9. The Bertz CT molecular complexity index is 900. The molecule has 0 spiro atoms. The Hall–Kier alpha value is -2.78. The molecule has 2 aromatic carbocycles. The van der Waals surface area contributed by atoms with Gasteiger partial charge in [-0.25, -0.2) is 8.78 Å². The van der Waals surface area contributed by atoms with Gasteiger partial charge in [-0.05, 0) is 18.2 Å². The fourth-order valence-electron chi connectivity index (χ4n) is 3.01. The molecule has 2 aromatic rings. The summed E-state index contributed by atoms with van der Waals surface area (Å²) >= 11 is 6.05. The van der Waals surface area contributed by atoms with Gasteiger partial charge in [0, 0.05) is 49.4 Å². The topological polar surface area (TPSA) is 75.9 Å². The molecular formula is C19H18ClF2N3O4. The average Bonchev–Trinajstić information content (AvgIpc) is 2.70. The van der Waals surface area contributed by atoms with Crippen LogP contribution in [-0.4, -0.2) is 53.4 Å². The van der Waals surface area contributed by atoms with Crippen LogP contribution in [-0.2, 0) is 11.3 Å². The second-order valence-electron chi connectivity index (χ2n) is 6.52. The fourth-order valence-corrected chi connectivity index (χ4v) is 3.24. The molecule has 0 N–H and O–H groups in total. The van der Waals surface area contributed by atoms with E-state index in [0.29, 0.717) is 43.3 Å². The smallest absolute Gasteiger partial charge is 0.272 e. The van der Waals surface area contributed by atoms with Crippen LogP contribution in [0, 0.1) is 21.7 Å². The summed E-state index contributed by atoms with van der Waals surface area (Å²) in [6.07, 6.45) is 0. The van der Waals surface area contributed by atoms with Gasteiger partial charge in [0.2, 0.25) is 0 Å². The van der Waals surface area contributed by atoms with E-state index in [-0.39, 0.29) is 24.1 Å². The van der Waals surface area contributed by atoms with Crippen molar-refractivity contribution in [2.24, 2.45) is 0 Å². The maximum absolute atomic E-state index is 13.9. The first-order chi connectivity index (χ1) is 13.8. The van der Waals surface area contributed by atoms with E-state index in [1.165, 1.54) is 6.07 Å². The number of hydrogen-bond donors (Lipinski definition) is 0. The highest BCUT2D eigenvalue weighted by atomic mass is 35.5. The van der Waals surface area contributed by atoms with Crippen molar-refractivity contribution in [1.82, 2.24) is 9.80 Å². The molecule has 1 fully saturated rings. The highest BCUT2D eigenvalue weighted by Crippen LogP contribution is 2.23. The van der Waals surface area contributed by atoms with Crippen LogP contribution in [0.1, 0.15) is 5.56 Å². The number of nitro benzene ring substituents is 1. The predicted octanol–water partition coefficient (Wildman–Crippen LogP) is 3.25. The Morgan fingerprint density at radius 2 is 1.86 bits per heavy atom. The molecule has 0 aliphatic carbocycles. The third kappa shape index (κ3) is 5.18. The fraction of sp³-hybridized carbons (Fsp3) is 0.316. The summed E-state index contributed by atoms with van der Waals surface area (Å²) < 4.78 is 32.9. The lowest BCUT2D eigenvalue weighted by Crippen LogP contribution is -2.49. The molecule has 0 radical (unpaired) electrons. The molecule has 10 heteroatoms. The molecule has 0 unspecified atom stereocenters. The summed E-state index contributed by atoms with van der Waals surface area (Å²) in [4.78, 5) is 25.8. The van der Waals surface area contributed by atoms with Gasteiger partial charge in [0.05, 0.1) is 11.0 Å². The molecule has 0 bridgehead atoms. The highest BCUT2D eigenvalue weighted by Gasteiger charge is 2.23. The lowest BCUT2D eigenvalue weighted by Gasteiger charge is -2.34. The molecule has 0 aromatic heterocycles. The summed E-state index contributed by atoms with van der Waals surface area (Å²) in [7, 11) is 0. The Morgan fingerprint density at radius 1 is 1.14 bits per heavy atom.